The standard InChI is InChI=1S/C15H22N2O3/c1-3-11(4-2)10-16-15(20)17-13(14(18)19)12-8-6-5-7-9-12/h5-9,11,13H,3-4,10H2,1-2H3,(H,18,19)(H2,16,17,20)/t13-/m1/s1. The van der Waals surface area contributed by atoms with E-state index in [1.807, 2.05) is 0 Å². The van der Waals surface area contributed by atoms with Crippen LogP contribution in [-0.2, 0) is 4.79 Å². The molecule has 0 radical (unpaired) electrons. The van der Waals surface area contributed by atoms with Crippen LogP contribution in [0.5, 0.6) is 0 Å². The van der Waals surface area contributed by atoms with Crippen LogP contribution in [0.1, 0.15) is 38.3 Å². The first kappa shape index (κ1) is 16.0. The molecule has 110 valence electrons. The average molecular weight is 278 g/mol. The molecule has 3 N–H and O–H groups in total. The summed E-state index contributed by atoms with van der Waals surface area (Å²) in [5, 5.41) is 14.4. The molecule has 5 heteroatoms. The molecule has 0 bridgehead atoms. The Morgan fingerprint density at radius 1 is 1.15 bits per heavy atom. The van der Waals surface area contributed by atoms with Gasteiger partial charge in [0.25, 0.3) is 0 Å². The first-order valence-corrected chi connectivity index (χ1v) is 6.90. The monoisotopic (exact) mass is 278 g/mol. The van der Waals surface area contributed by atoms with Gasteiger partial charge in [0.2, 0.25) is 0 Å². The van der Waals surface area contributed by atoms with E-state index in [2.05, 4.69) is 24.5 Å². The summed E-state index contributed by atoms with van der Waals surface area (Å²) in [7, 11) is 0. The van der Waals surface area contributed by atoms with Gasteiger partial charge >= 0.3 is 12.0 Å². The molecule has 2 amide bonds. The molecule has 0 saturated carbocycles. The minimum absolute atomic E-state index is 0.417. The summed E-state index contributed by atoms with van der Waals surface area (Å²) in [4.78, 5) is 23.0. The van der Waals surface area contributed by atoms with E-state index < -0.39 is 18.0 Å². The number of benzene rings is 1. The Bertz CT molecular complexity index is 430. The maximum Gasteiger partial charge on any atom is 0.330 e. The fourth-order valence-corrected chi connectivity index (χ4v) is 1.93. The van der Waals surface area contributed by atoms with Crippen molar-refractivity contribution in [1.82, 2.24) is 10.6 Å². The molecule has 1 aromatic rings. The zero-order chi connectivity index (χ0) is 15.0. The molecular formula is C15H22N2O3. The van der Waals surface area contributed by atoms with Gasteiger partial charge in [-0.2, -0.15) is 0 Å². The van der Waals surface area contributed by atoms with E-state index in [1.54, 1.807) is 30.3 Å². The third-order valence-corrected chi connectivity index (χ3v) is 3.36. The van der Waals surface area contributed by atoms with Crippen LogP contribution in [0, 0.1) is 5.92 Å². The molecule has 0 fully saturated rings. The lowest BCUT2D eigenvalue weighted by Gasteiger charge is -2.17. The highest BCUT2D eigenvalue weighted by Crippen LogP contribution is 2.12. The summed E-state index contributed by atoms with van der Waals surface area (Å²) in [6.45, 7) is 4.69. The van der Waals surface area contributed by atoms with E-state index in [4.69, 9.17) is 0 Å². The molecule has 1 atom stereocenters. The Hall–Kier alpha value is -2.04. The molecular weight excluding hydrogens is 256 g/mol. The Kier molecular flexibility index (Phi) is 6.56. The van der Waals surface area contributed by atoms with Crippen molar-refractivity contribution in [3.8, 4) is 0 Å². The lowest BCUT2D eigenvalue weighted by atomic mass is 10.0. The maximum atomic E-state index is 11.8. The van der Waals surface area contributed by atoms with Gasteiger partial charge in [-0.25, -0.2) is 9.59 Å². The van der Waals surface area contributed by atoms with Gasteiger partial charge in [-0.1, -0.05) is 57.0 Å². The second-order valence-corrected chi connectivity index (χ2v) is 4.72. The Morgan fingerprint density at radius 2 is 1.75 bits per heavy atom. The fourth-order valence-electron chi connectivity index (χ4n) is 1.93. The second kappa shape index (κ2) is 8.19. The van der Waals surface area contributed by atoms with Crippen LogP contribution in [0.2, 0.25) is 0 Å². The van der Waals surface area contributed by atoms with Gasteiger partial charge in [0.1, 0.15) is 0 Å². The van der Waals surface area contributed by atoms with E-state index in [0.29, 0.717) is 18.0 Å². The van der Waals surface area contributed by atoms with Crippen molar-refractivity contribution in [3.05, 3.63) is 35.9 Å². The molecule has 1 rings (SSSR count). The molecule has 0 heterocycles. The van der Waals surface area contributed by atoms with Crippen molar-refractivity contribution in [2.45, 2.75) is 32.7 Å². The summed E-state index contributed by atoms with van der Waals surface area (Å²) < 4.78 is 0. The van der Waals surface area contributed by atoms with Crippen molar-refractivity contribution in [2.24, 2.45) is 5.92 Å². The predicted octanol–water partition coefficient (Wildman–Crippen LogP) is 2.55. The minimum Gasteiger partial charge on any atom is -0.479 e. The summed E-state index contributed by atoms with van der Waals surface area (Å²) in [6.07, 6.45) is 1.97. The fraction of sp³-hybridized carbons (Fsp3) is 0.467. The molecule has 0 spiro atoms. The predicted molar refractivity (Wildman–Crippen MR) is 77.4 cm³/mol. The first-order chi connectivity index (χ1) is 9.58. The molecule has 0 aliphatic heterocycles. The summed E-state index contributed by atoms with van der Waals surface area (Å²) in [6, 6.07) is 7.17. The van der Waals surface area contributed by atoms with E-state index in [0.717, 1.165) is 12.8 Å². The van der Waals surface area contributed by atoms with Crippen LogP contribution >= 0.6 is 0 Å². The van der Waals surface area contributed by atoms with Crippen LogP contribution in [0.15, 0.2) is 30.3 Å². The number of nitrogens with one attached hydrogen (secondary N) is 2. The van der Waals surface area contributed by atoms with E-state index >= 15 is 0 Å². The number of carboxylic acid groups (broad SMARTS) is 1. The van der Waals surface area contributed by atoms with Crippen molar-refractivity contribution in [2.75, 3.05) is 6.54 Å². The number of rotatable bonds is 7. The summed E-state index contributed by atoms with van der Waals surface area (Å²) in [5.74, 6) is -0.658. The molecule has 1 aromatic carbocycles. The molecule has 0 aliphatic carbocycles. The van der Waals surface area contributed by atoms with Crippen LogP contribution < -0.4 is 10.6 Å². The van der Waals surface area contributed by atoms with Gasteiger partial charge in [0.15, 0.2) is 6.04 Å². The Morgan fingerprint density at radius 3 is 2.25 bits per heavy atom. The van der Waals surface area contributed by atoms with E-state index in [-0.39, 0.29) is 0 Å². The average Bonchev–Trinajstić information content (AvgIpc) is 2.46. The zero-order valence-corrected chi connectivity index (χ0v) is 11.9. The smallest absolute Gasteiger partial charge is 0.330 e. The van der Waals surface area contributed by atoms with Crippen LogP contribution in [0.3, 0.4) is 0 Å². The highest BCUT2D eigenvalue weighted by Gasteiger charge is 2.21. The van der Waals surface area contributed by atoms with Crippen LogP contribution in [0.4, 0.5) is 4.79 Å². The minimum atomic E-state index is -1.08. The Labute approximate surface area is 119 Å². The molecule has 0 aliphatic rings. The number of carboxylic acids is 1. The SMILES string of the molecule is CCC(CC)CNC(=O)N[C@@H](C(=O)O)c1ccccc1. The molecule has 0 aromatic heterocycles. The highest BCUT2D eigenvalue weighted by atomic mass is 16.4. The number of carbonyl (C=O) groups excluding carboxylic acids is 1. The lowest BCUT2D eigenvalue weighted by Crippen LogP contribution is -2.42. The van der Waals surface area contributed by atoms with Gasteiger partial charge in [-0.15, -0.1) is 0 Å². The van der Waals surface area contributed by atoms with Gasteiger partial charge in [0.05, 0.1) is 0 Å². The second-order valence-electron chi connectivity index (χ2n) is 4.72. The third kappa shape index (κ3) is 4.91. The molecule has 0 saturated heterocycles. The number of amides is 2. The van der Waals surface area contributed by atoms with E-state index in [9.17, 15) is 14.7 Å². The summed E-state index contributed by atoms with van der Waals surface area (Å²) in [5.41, 5.74) is 0.553. The number of urea groups is 1. The molecule has 0 unspecified atom stereocenters. The van der Waals surface area contributed by atoms with Crippen molar-refractivity contribution < 1.29 is 14.7 Å². The van der Waals surface area contributed by atoms with Gasteiger partial charge in [0, 0.05) is 6.54 Å². The number of carbonyl (C=O) groups is 2. The number of aliphatic carboxylic acids is 1. The first-order valence-electron chi connectivity index (χ1n) is 6.90. The molecule has 20 heavy (non-hydrogen) atoms. The normalized spacial score (nSPS) is 11.9. The quantitative estimate of drug-likeness (QED) is 0.717. The number of hydrogen-bond donors (Lipinski definition) is 3. The van der Waals surface area contributed by atoms with Crippen molar-refractivity contribution in [1.29, 1.82) is 0 Å². The number of hydrogen-bond acceptors (Lipinski definition) is 2. The molecule has 5 nitrogen and oxygen atoms in total. The van der Waals surface area contributed by atoms with E-state index in [1.165, 1.54) is 0 Å². The van der Waals surface area contributed by atoms with Crippen molar-refractivity contribution >= 4 is 12.0 Å². The van der Waals surface area contributed by atoms with Crippen LogP contribution in [0.25, 0.3) is 0 Å². The zero-order valence-electron chi connectivity index (χ0n) is 11.9. The van der Waals surface area contributed by atoms with Gasteiger partial charge < -0.3 is 15.7 Å². The third-order valence-electron chi connectivity index (χ3n) is 3.36. The summed E-state index contributed by atoms with van der Waals surface area (Å²) >= 11 is 0. The van der Waals surface area contributed by atoms with Crippen molar-refractivity contribution in [3.63, 3.8) is 0 Å². The van der Waals surface area contributed by atoms with Gasteiger partial charge in [-0.3, -0.25) is 0 Å². The van der Waals surface area contributed by atoms with Gasteiger partial charge in [-0.05, 0) is 11.5 Å². The highest BCUT2D eigenvalue weighted by molar-refractivity contribution is 5.83. The maximum absolute atomic E-state index is 11.8. The largest absolute Gasteiger partial charge is 0.479 e. The topological polar surface area (TPSA) is 78.4 Å². The lowest BCUT2D eigenvalue weighted by molar-refractivity contribution is -0.139. The van der Waals surface area contributed by atoms with Crippen LogP contribution in [-0.4, -0.2) is 23.7 Å². The Balaban J connectivity index is 2.59.